The minimum Gasteiger partial charge on any atom is -0.373 e. The highest BCUT2D eigenvalue weighted by molar-refractivity contribution is 6.06. The molecule has 1 amide bonds. The van der Waals surface area contributed by atoms with Crippen LogP contribution < -0.4 is 10.2 Å². The van der Waals surface area contributed by atoms with E-state index >= 15 is 0 Å². The smallest absolute Gasteiger partial charge is 0.258 e. The van der Waals surface area contributed by atoms with Crippen LogP contribution in [0.1, 0.15) is 29.4 Å². The molecule has 0 saturated heterocycles. The van der Waals surface area contributed by atoms with Crippen molar-refractivity contribution >= 4 is 17.4 Å². The van der Waals surface area contributed by atoms with Gasteiger partial charge in [-0.1, -0.05) is 13.3 Å². The van der Waals surface area contributed by atoms with Crippen LogP contribution in [0.3, 0.4) is 0 Å². The summed E-state index contributed by atoms with van der Waals surface area (Å²) in [6.45, 7) is 2.10. The third-order valence-corrected chi connectivity index (χ3v) is 3.24. The van der Waals surface area contributed by atoms with Gasteiger partial charge in [0, 0.05) is 43.4 Å². The standard InChI is InChI=1S/C16H20N4O/c1-4-5-13-10-12(11-15(17-2)19-13)16(21)20(3)14-6-8-18-9-7-14/h6-11H,4-5H2,1-3H3,(H,17,19). The number of rotatable bonds is 5. The summed E-state index contributed by atoms with van der Waals surface area (Å²) in [7, 11) is 3.57. The van der Waals surface area contributed by atoms with Gasteiger partial charge in [-0.15, -0.1) is 0 Å². The fourth-order valence-corrected chi connectivity index (χ4v) is 2.10. The van der Waals surface area contributed by atoms with E-state index in [1.54, 1.807) is 37.5 Å². The molecule has 1 N–H and O–H groups in total. The van der Waals surface area contributed by atoms with E-state index < -0.39 is 0 Å². The van der Waals surface area contributed by atoms with Gasteiger partial charge in [-0.2, -0.15) is 0 Å². The lowest BCUT2D eigenvalue weighted by Crippen LogP contribution is -2.26. The molecule has 2 heterocycles. The lowest BCUT2D eigenvalue weighted by Gasteiger charge is -2.18. The van der Waals surface area contributed by atoms with Crippen LogP contribution in [0.5, 0.6) is 0 Å². The van der Waals surface area contributed by atoms with Crippen molar-refractivity contribution in [2.24, 2.45) is 0 Å². The molecule has 0 spiro atoms. The van der Waals surface area contributed by atoms with Crippen LogP contribution in [0.15, 0.2) is 36.7 Å². The number of pyridine rings is 2. The zero-order chi connectivity index (χ0) is 15.2. The van der Waals surface area contributed by atoms with Gasteiger partial charge < -0.3 is 10.2 Å². The first-order valence-corrected chi connectivity index (χ1v) is 7.02. The summed E-state index contributed by atoms with van der Waals surface area (Å²) >= 11 is 0. The van der Waals surface area contributed by atoms with Crippen LogP contribution in [-0.2, 0) is 6.42 Å². The number of carbonyl (C=O) groups excluding carboxylic acids is 1. The number of anilines is 2. The number of hydrogen-bond donors (Lipinski definition) is 1. The third-order valence-electron chi connectivity index (χ3n) is 3.24. The molecule has 2 aromatic rings. The molecule has 21 heavy (non-hydrogen) atoms. The van der Waals surface area contributed by atoms with E-state index in [0.717, 1.165) is 24.2 Å². The van der Waals surface area contributed by atoms with Gasteiger partial charge in [0.2, 0.25) is 0 Å². The topological polar surface area (TPSA) is 58.1 Å². The van der Waals surface area contributed by atoms with Crippen molar-refractivity contribution in [3.05, 3.63) is 47.9 Å². The van der Waals surface area contributed by atoms with Crippen LogP contribution in [0.4, 0.5) is 11.5 Å². The minimum atomic E-state index is -0.0579. The maximum atomic E-state index is 12.6. The monoisotopic (exact) mass is 284 g/mol. The van der Waals surface area contributed by atoms with Gasteiger partial charge in [0.05, 0.1) is 0 Å². The molecule has 0 aromatic carbocycles. The van der Waals surface area contributed by atoms with Gasteiger partial charge in [0.1, 0.15) is 5.82 Å². The second-order valence-corrected chi connectivity index (χ2v) is 4.80. The van der Waals surface area contributed by atoms with Crippen LogP contribution in [-0.4, -0.2) is 30.0 Å². The Morgan fingerprint density at radius 2 is 2.00 bits per heavy atom. The molecule has 5 heteroatoms. The Kier molecular flexibility index (Phi) is 4.87. The first-order chi connectivity index (χ1) is 10.2. The SMILES string of the molecule is CCCc1cc(C(=O)N(C)c2ccncc2)cc(NC)n1. The predicted octanol–water partition coefficient (Wildman–Crippen LogP) is 2.75. The summed E-state index contributed by atoms with van der Waals surface area (Å²) in [6.07, 6.45) is 5.20. The van der Waals surface area contributed by atoms with Crippen molar-refractivity contribution in [2.45, 2.75) is 19.8 Å². The normalized spacial score (nSPS) is 10.2. The number of carbonyl (C=O) groups is 1. The lowest BCUT2D eigenvalue weighted by molar-refractivity contribution is 0.0993. The van der Waals surface area contributed by atoms with E-state index in [-0.39, 0.29) is 5.91 Å². The zero-order valence-electron chi connectivity index (χ0n) is 12.6. The maximum Gasteiger partial charge on any atom is 0.258 e. The quantitative estimate of drug-likeness (QED) is 0.917. The average Bonchev–Trinajstić information content (AvgIpc) is 2.54. The van der Waals surface area contributed by atoms with Crippen LogP contribution in [0.25, 0.3) is 0 Å². The Morgan fingerprint density at radius 3 is 2.62 bits per heavy atom. The fraction of sp³-hybridized carbons (Fsp3) is 0.312. The average molecular weight is 284 g/mol. The molecule has 0 saturated carbocycles. The number of nitrogens with one attached hydrogen (secondary N) is 1. The van der Waals surface area contributed by atoms with Gasteiger partial charge in [-0.3, -0.25) is 9.78 Å². The maximum absolute atomic E-state index is 12.6. The van der Waals surface area contributed by atoms with E-state index in [4.69, 9.17) is 0 Å². The molecule has 0 aliphatic rings. The summed E-state index contributed by atoms with van der Waals surface area (Å²) in [4.78, 5) is 22.7. The van der Waals surface area contributed by atoms with Gasteiger partial charge >= 0.3 is 0 Å². The van der Waals surface area contributed by atoms with Crippen molar-refractivity contribution in [3.8, 4) is 0 Å². The highest BCUT2D eigenvalue weighted by atomic mass is 16.2. The van der Waals surface area contributed by atoms with Crippen LogP contribution in [0.2, 0.25) is 0 Å². The minimum absolute atomic E-state index is 0.0579. The molecule has 0 unspecified atom stereocenters. The summed E-state index contributed by atoms with van der Waals surface area (Å²) in [5.74, 6) is 0.657. The van der Waals surface area contributed by atoms with Crippen LogP contribution in [0, 0.1) is 0 Å². The number of amides is 1. The van der Waals surface area contributed by atoms with E-state index in [0.29, 0.717) is 11.4 Å². The molecular weight excluding hydrogens is 264 g/mol. The highest BCUT2D eigenvalue weighted by Crippen LogP contribution is 2.17. The van der Waals surface area contributed by atoms with E-state index in [9.17, 15) is 4.79 Å². The third kappa shape index (κ3) is 3.56. The largest absolute Gasteiger partial charge is 0.373 e. The summed E-state index contributed by atoms with van der Waals surface area (Å²) in [6, 6.07) is 7.26. The molecule has 0 fully saturated rings. The summed E-state index contributed by atoms with van der Waals surface area (Å²) in [5, 5.41) is 3.01. The van der Waals surface area contributed by atoms with E-state index in [1.165, 1.54) is 0 Å². The molecule has 0 aliphatic heterocycles. The second-order valence-electron chi connectivity index (χ2n) is 4.80. The summed E-state index contributed by atoms with van der Waals surface area (Å²) < 4.78 is 0. The fourth-order valence-electron chi connectivity index (χ4n) is 2.10. The van der Waals surface area contributed by atoms with Crippen molar-refractivity contribution in [1.82, 2.24) is 9.97 Å². The van der Waals surface area contributed by atoms with Gasteiger partial charge in [0.25, 0.3) is 5.91 Å². The first kappa shape index (κ1) is 15.0. The van der Waals surface area contributed by atoms with Crippen molar-refractivity contribution in [2.75, 3.05) is 24.3 Å². The molecule has 110 valence electrons. The molecule has 0 bridgehead atoms. The van der Waals surface area contributed by atoms with Crippen molar-refractivity contribution in [1.29, 1.82) is 0 Å². The molecule has 2 aromatic heterocycles. The van der Waals surface area contributed by atoms with E-state index in [1.807, 2.05) is 18.2 Å². The summed E-state index contributed by atoms with van der Waals surface area (Å²) in [5.41, 5.74) is 2.38. The Bertz CT molecular complexity index is 613. The predicted molar refractivity (Wildman–Crippen MR) is 84.7 cm³/mol. The Balaban J connectivity index is 2.31. The lowest BCUT2D eigenvalue weighted by atomic mass is 10.1. The highest BCUT2D eigenvalue weighted by Gasteiger charge is 2.15. The molecule has 0 aliphatic carbocycles. The van der Waals surface area contributed by atoms with Gasteiger partial charge in [0.15, 0.2) is 0 Å². The van der Waals surface area contributed by atoms with Gasteiger partial charge in [-0.25, -0.2) is 4.98 Å². The second kappa shape index (κ2) is 6.83. The van der Waals surface area contributed by atoms with Crippen molar-refractivity contribution < 1.29 is 4.79 Å². The van der Waals surface area contributed by atoms with Crippen molar-refractivity contribution in [3.63, 3.8) is 0 Å². The number of aryl methyl sites for hydroxylation is 1. The molecule has 5 nitrogen and oxygen atoms in total. The number of aromatic nitrogens is 2. The molecule has 2 rings (SSSR count). The zero-order valence-corrected chi connectivity index (χ0v) is 12.6. The molecule has 0 atom stereocenters. The van der Waals surface area contributed by atoms with E-state index in [2.05, 4.69) is 22.2 Å². The molecular formula is C16H20N4O. The van der Waals surface area contributed by atoms with Gasteiger partial charge in [-0.05, 0) is 30.7 Å². The Hall–Kier alpha value is -2.43. The first-order valence-electron chi connectivity index (χ1n) is 7.02. The van der Waals surface area contributed by atoms with Crippen LogP contribution >= 0.6 is 0 Å². The number of nitrogens with zero attached hydrogens (tertiary/aromatic N) is 3. The Morgan fingerprint density at radius 1 is 1.29 bits per heavy atom. The number of hydrogen-bond acceptors (Lipinski definition) is 4. The Labute approximate surface area is 125 Å². The molecule has 0 radical (unpaired) electrons.